The number of thiocarbonyl (C=S) groups is 1. The molecule has 0 aliphatic rings. The molecule has 0 bridgehead atoms. The second kappa shape index (κ2) is 5.84. The Morgan fingerprint density at radius 2 is 2.28 bits per heavy atom. The molecule has 5 heteroatoms. The number of nitrogens with two attached hydrogens (primary N) is 1. The fourth-order valence-electron chi connectivity index (χ4n) is 1.60. The first-order valence-electron chi connectivity index (χ1n) is 5.43. The molecule has 2 rings (SSSR count). The van der Waals surface area contributed by atoms with Gasteiger partial charge in [-0.05, 0) is 34.5 Å². The van der Waals surface area contributed by atoms with Gasteiger partial charge >= 0.3 is 0 Å². The van der Waals surface area contributed by atoms with Crippen LogP contribution in [0.5, 0.6) is 5.75 Å². The number of nitrogens with one attached hydrogen (secondary N) is 1. The summed E-state index contributed by atoms with van der Waals surface area (Å²) in [6, 6.07) is 7.71. The van der Waals surface area contributed by atoms with Gasteiger partial charge in [0.05, 0.1) is 7.11 Å². The first kappa shape index (κ1) is 12.9. The lowest BCUT2D eigenvalue weighted by Crippen LogP contribution is -2.13. The molecule has 0 radical (unpaired) electrons. The molecule has 0 saturated heterocycles. The van der Waals surface area contributed by atoms with Crippen LogP contribution in [-0.4, -0.2) is 12.1 Å². The van der Waals surface area contributed by atoms with Gasteiger partial charge in [0.25, 0.3) is 0 Å². The Morgan fingerprint density at radius 1 is 1.44 bits per heavy atom. The molecular formula is C13H14N2OS2. The zero-order valence-corrected chi connectivity index (χ0v) is 11.6. The van der Waals surface area contributed by atoms with Gasteiger partial charge in [0, 0.05) is 23.9 Å². The molecule has 0 amide bonds. The summed E-state index contributed by atoms with van der Waals surface area (Å²) in [6.07, 6.45) is 0. The van der Waals surface area contributed by atoms with E-state index in [-0.39, 0.29) is 0 Å². The Kier molecular flexibility index (Phi) is 4.17. The molecule has 0 atom stereocenters. The number of rotatable bonds is 5. The van der Waals surface area contributed by atoms with Crippen molar-refractivity contribution in [2.75, 3.05) is 12.4 Å². The van der Waals surface area contributed by atoms with Crippen molar-refractivity contribution in [1.29, 1.82) is 0 Å². The summed E-state index contributed by atoms with van der Waals surface area (Å²) in [5.41, 5.74) is 8.67. The van der Waals surface area contributed by atoms with Gasteiger partial charge in [0.2, 0.25) is 0 Å². The molecule has 0 saturated carbocycles. The molecule has 1 heterocycles. The predicted octanol–water partition coefficient (Wildman–Crippen LogP) is 3.00. The zero-order valence-electron chi connectivity index (χ0n) is 9.97. The lowest BCUT2D eigenvalue weighted by atomic mass is 10.1. The van der Waals surface area contributed by atoms with Crippen molar-refractivity contribution in [2.45, 2.75) is 6.54 Å². The van der Waals surface area contributed by atoms with Crippen LogP contribution in [0.4, 0.5) is 5.69 Å². The highest BCUT2D eigenvalue weighted by atomic mass is 32.1. The van der Waals surface area contributed by atoms with Crippen molar-refractivity contribution in [1.82, 2.24) is 0 Å². The van der Waals surface area contributed by atoms with Gasteiger partial charge in [0.1, 0.15) is 10.7 Å². The van der Waals surface area contributed by atoms with Gasteiger partial charge in [-0.25, -0.2) is 0 Å². The fraction of sp³-hybridized carbons (Fsp3) is 0.154. The van der Waals surface area contributed by atoms with E-state index in [9.17, 15) is 0 Å². The van der Waals surface area contributed by atoms with E-state index in [1.165, 1.54) is 5.56 Å². The van der Waals surface area contributed by atoms with Crippen molar-refractivity contribution < 1.29 is 4.74 Å². The number of hydrogen-bond donors (Lipinski definition) is 2. The van der Waals surface area contributed by atoms with Crippen molar-refractivity contribution in [2.24, 2.45) is 5.73 Å². The highest BCUT2D eigenvalue weighted by Crippen LogP contribution is 2.23. The third-order valence-corrected chi connectivity index (χ3v) is 3.51. The van der Waals surface area contributed by atoms with Crippen LogP contribution in [0.15, 0.2) is 35.0 Å². The van der Waals surface area contributed by atoms with Crippen LogP contribution >= 0.6 is 23.6 Å². The van der Waals surface area contributed by atoms with Gasteiger partial charge in [-0.15, -0.1) is 0 Å². The second-order valence-electron chi connectivity index (χ2n) is 3.76. The molecule has 0 unspecified atom stereocenters. The molecule has 3 N–H and O–H groups in total. The average Bonchev–Trinajstić information content (AvgIpc) is 2.88. The normalized spacial score (nSPS) is 10.1. The Labute approximate surface area is 116 Å². The Bertz CT molecular complexity index is 538. The summed E-state index contributed by atoms with van der Waals surface area (Å²) >= 11 is 6.72. The molecule has 0 fully saturated rings. The molecule has 18 heavy (non-hydrogen) atoms. The van der Waals surface area contributed by atoms with Crippen molar-refractivity contribution in [3.05, 3.63) is 46.2 Å². The Hall–Kier alpha value is -1.59. The van der Waals surface area contributed by atoms with E-state index in [2.05, 4.69) is 22.1 Å². The quantitative estimate of drug-likeness (QED) is 0.825. The van der Waals surface area contributed by atoms with Crippen LogP contribution < -0.4 is 15.8 Å². The van der Waals surface area contributed by atoms with E-state index in [4.69, 9.17) is 22.7 Å². The number of anilines is 1. The molecule has 0 aliphatic carbocycles. The summed E-state index contributed by atoms with van der Waals surface area (Å²) in [5.74, 6) is 0.780. The minimum atomic E-state index is 0.380. The summed E-state index contributed by atoms with van der Waals surface area (Å²) in [6.45, 7) is 0.742. The van der Waals surface area contributed by atoms with E-state index < -0.39 is 0 Å². The molecule has 2 aromatic rings. The smallest absolute Gasteiger partial charge is 0.120 e. The fourth-order valence-corrected chi connectivity index (χ4v) is 2.45. The van der Waals surface area contributed by atoms with E-state index >= 15 is 0 Å². The summed E-state index contributed by atoms with van der Waals surface area (Å²) in [4.78, 5) is 0.380. The van der Waals surface area contributed by atoms with Crippen molar-refractivity contribution in [3.63, 3.8) is 0 Å². The highest BCUT2D eigenvalue weighted by molar-refractivity contribution is 7.80. The van der Waals surface area contributed by atoms with Gasteiger partial charge in [-0.1, -0.05) is 12.2 Å². The maximum Gasteiger partial charge on any atom is 0.120 e. The van der Waals surface area contributed by atoms with E-state index in [1.807, 2.05) is 18.2 Å². The monoisotopic (exact) mass is 278 g/mol. The number of thiophene rings is 1. The number of benzene rings is 1. The lowest BCUT2D eigenvalue weighted by molar-refractivity contribution is 0.415. The Morgan fingerprint density at radius 3 is 2.89 bits per heavy atom. The van der Waals surface area contributed by atoms with Gasteiger partial charge in [0.15, 0.2) is 0 Å². The largest absolute Gasteiger partial charge is 0.497 e. The van der Waals surface area contributed by atoms with Crippen molar-refractivity contribution >= 4 is 34.2 Å². The minimum Gasteiger partial charge on any atom is -0.497 e. The SMILES string of the molecule is COc1ccc(C(N)=S)c(NCc2ccsc2)c1. The van der Waals surface area contributed by atoms with Crippen LogP contribution in [0.1, 0.15) is 11.1 Å². The van der Waals surface area contributed by atoms with Crippen LogP contribution in [0.3, 0.4) is 0 Å². The van der Waals surface area contributed by atoms with Crippen LogP contribution in [-0.2, 0) is 6.54 Å². The maximum atomic E-state index is 5.71. The summed E-state index contributed by atoms with van der Waals surface area (Å²) in [5, 5.41) is 7.49. The lowest BCUT2D eigenvalue weighted by Gasteiger charge is -2.12. The number of methoxy groups -OCH3 is 1. The van der Waals surface area contributed by atoms with Gasteiger partial charge < -0.3 is 15.8 Å². The average molecular weight is 278 g/mol. The van der Waals surface area contributed by atoms with Crippen molar-refractivity contribution in [3.8, 4) is 5.75 Å². The van der Waals surface area contributed by atoms with E-state index in [1.54, 1.807) is 18.4 Å². The van der Waals surface area contributed by atoms with Gasteiger partial charge in [-0.3, -0.25) is 0 Å². The summed E-state index contributed by atoms with van der Waals surface area (Å²) < 4.78 is 5.20. The standard InChI is InChI=1S/C13H14N2OS2/c1-16-10-2-3-11(13(14)17)12(6-10)15-7-9-4-5-18-8-9/h2-6,8,15H,7H2,1H3,(H2,14,17). The van der Waals surface area contributed by atoms with Crippen LogP contribution in [0.2, 0.25) is 0 Å². The molecule has 0 aliphatic heterocycles. The molecule has 3 nitrogen and oxygen atoms in total. The zero-order chi connectivity index (χ0) is 13.0. The maximum absolute atomic E-state index is 5.71. The minimum absolute atomic E-state index is 0.380. The van der Waals surface area contributed by atoms with Crippen LogP contribution in [0.25, 0.3) is 0 Å². The van der Waals surface area contributed by atoms with Crippen LogP contribution in [0, 0.1) is 0 Å². The van der Waals surface area contributed by atoms with E-state index in [0.29, 0.717) is 4.99 Å². The Balaban J connectivity index is 2.20. The highest BCUT2D eigenvalue weighted by Gasteiger charge is 2.06. The topological polar surface area (TPSA) is 47.3 Å². The van der Waals surface area contributed by atoms with Gasteiger partial charge in [-0.2, -0.15) is 11.3 Å². The third kappa shape index (κ3) is 3.00. The molecule has 94 valence electrons. The number of hydrogen-bond acceptors (Lipinski definition) is 4. The first-order chi connectivity index (χ1) is 8.70. The number of ether oxygens (including phenoxy) is 1. The molecule has 1 aromatic heterocycles. The first-order valence-corrected chi connectivity index (χ1v) is 6.78. The predicted molar refractivity (Wildman–Crippen MR) is 80.5 cm³/mol. The molecule has 0 spiro atoms. The second-order valence-corrected chi connectivity index (χ2v) is 4.98. The summed E-state index contributed by atoms with van der Waals surface area (Å²) in [7, 11) is 1.64. The van der Waals surface area contributed by atoms with E-state index in [0.717, 1.165) is 23.5 Å². The molecule has 1 aromatic carbocycles. The molecular weight excluding hydrogens is 264 g/mol. The third-order valence-electron chi connectivity index (χ3n) is 2.56.